The molecule has 0 fully saturated rings. The molecule has 0 atom stereocenters. The second-order valence-electron chi connectivity index (χ2n) is 4.95. The van der Waals surface area contributed by atoms with Gasteiger partial charge in [-0.25, -0.2) is 4.79 Å². The highest BCUT2D eigenvalue weighted by molar-refractivity contribution is 5.96. The molecule has 0 aliphatic carbocycles. The summed E-state index contributed by atoms with van der Waals surface area (Å²) < 4.78 is 0. The third kappa shape index (κ3) is 5.30. The minimum absolute atomic E-state index is 0.315. The van der Waals surface area contributed by atoms with Crippen molar-refractivity contribution in [2.75, 3.05) is 25.0 Å². The number of anilines is 1. The van der Waals surface area contributed by atoms with Gasteiger partial charge in [-0.2, -0.15) is 0 Å². The van der Waals surface area contributed by atoms with Crippen LogP contribution >= 0.6 is 0 Å². The molecule has 5 heteroatoms. The first kappa shape index (κ1) is 16.8. The molecule has 0 aliphatic rings. The first-order valence-corrected chi connectivity index (χ1v) is 6.87. The Morgan fingerprint density at radius 3 is 2.43 bits per heavy atom. The largest absolute Gasteiger partial charge is 0.480 e. The van der Waals surface area contributed by atoms with Gasteiger partial charge in [-0.05, 0) is 31.9 Å². The number of carbonyl (C=O) groups is 2. The van der Waals surface area contributed by atoms with Crippen LogP contribution in [0.15, 0.2) is 36.9 Å². The summed E-state index contributed by atoms with van der Waals surface area (Å²) in [7, 11) is 1.68. The second kappa shape index (κ2) is 8.09. The maximum Gasteiger partial charge on any atom is 0.324 e. The van der Waals surface area contributed by atoms with E-state index in [1.807, 2.05) is 19.1 Å². The molecule has 0 saturated carbocycles. The minimum atomic E-state index is -1.04. The molecule has 0 aliphatic heterocycles. The highest BCUT2D eigenvalue weighted by Crippen LogP contribution is 2.16. The number of nitrogens with zero attached hydrogens (tertiary/aromatic N) is 2. The molecule has 1 N–H and O–H groups in total. The van der Waals surface area contributed by atoms with Gasteiger partial charge in [0.25, 0.3) is 0 Å². The lowest BCUT2D eigenvalue weighted by Crippen LogP contribution is -2.44. The molecule has 0 heterocycles. The number of allylic oxidation sites excluding steroid dienone is 1. The van der Waals surface area contributed by atoms with Crippen LogP contribution in [0.2, 0.25) is 0 Å². The number of hydrogen-bond acceptors (Lipinski definition) is 2. The molecule has 2 amide bonds. The maximum absolute atomic E-state index is 12.4. The van der Waals surface area contributed by atoms with Crippen LogP contribution in [0.25, 0.3) is 0 Å². The van der Waals surface area contributed by atoms with Gasteiger partial charge in [-0.15, -0.1) is 6.58 Å². The van der Waals surface area contributed by atoms with E-state index in [4.69, 9.17) is 5.11 Å². The zero-order valence-electron chi connectivity index (χ0n) is 12.6. The molecule has 0 unspecified atom stereocenters. The molecule has 1 aromatic rings. The predicted octanol–water partition coefficient (Wildman–Crippen LogP) is 2.90. The number of rotatable bonds is 7. The second-order valence-corrected chi connectivity index (χ2v) is 4.95. The van der Waals surface area contributed by atoms with E-state index in [-0.39, 0.29) is 12.6 Å². The van der Waals surface area contributed by atoms with Gasteiger partial charge >= 0.3 is 12.0 Å². The Bertz CT molecular complexity index is 497. The van der Waals surface area contributed by atoms with Crippen LogP contribution in [0.4, 0.5) is 10.5 Å². The van der Waals surface area contributed by atoms with E-state index >= 15 is 0 Å². The van der Waals surface area contributed by atoms with Crippen molar-refractivity contribution in [3.8, 4) is 0 Å². The molecule has 1 aromatic carbocycles. The molecule has 0 bridgehead atoms. The van der Waals surface area contributed by atoms with Crippen LogP contribution < -0.4 is 4.90 Å². The fraction of sp³-hybridized carbons (Fsp3) is 0.375. The van der Waals surface area contributed by atoms with Gasteiger partial charge in [-0.1, -0.05) is 23.8 Å². The summed E-state index contributed by atoms with van der Waals surface area (Å²) in [5, 5.41) is 9.02. The van der Waals surface area contributed by atoms with E-state index in [1.54, 1.807) is 25.3 Å². The monoisotopic (exact) mass is 290 g/mol. The Hall–Kier alpha value is -2.30. The Labute approximate surface area is 125 Å². The summed E-state index contributed by atoms with van der Waals surface area (Å²) in [6.45, 7) is 5.79. The van der Waals surface area contributed by atoms with Crippen LogP contribution in [0.1, 0.15) is 18.4 Å². The molecule has 0 saturated heterocycles. The van der Waals surface area contributed by atoms with Crippen LogP contribution in [0, 0.1) is 6.92 Å². The van der Waals surface area contributed by atoms with Gasteiger partial charge in [-0.3, -0.25) is 9.69 Å². The molecule has 5 nitrogen and oxygen atoms in total. The van der Waals surface area contributed by atoms with E-state index in [9.17, 15) is 9.59 Å². The zero-order chi connectivity index (χ0) is 15.8. The molecule has 0 radical (unpaired) electrons. The summed E-state index contributed by atoms with van der Waals surface area (Å²) >= 11 is 0. The summed E-state index contributed by atoms with van der Waals surface area (Å²) in [5.74, 6) is -1.04. The number of unbranched alkanes of at least 4 members (excludes halogenated alkanes) is 1. The Morgan fingerprint density at radius 1 is 1.29 bits per heavy atom. The van der Waals surface area contributed by atoms with E-state index in [2.05, 4.69) is 6.58 Å². The number of carboxylic acid groups (broad SMARTS) is 1. The summed E-state index contributed by atoms with van der Waals surface area (Å²) in [6, 6.07) is 6.91. The smallest absolute Gasteiger partial charge is 0.324 e. The number of benzene rings is 1. The quantitative estimate of drug-likeness (QED) is 0.620. The molecule has 0 aromatic heterocycles. The van der Waals surface area contributed by atoms with E-state index in [0.29, 0.717) is 12.2 Å². The first-order chi connectivity index (χ1) is 9.95. The van der Waals surface area contributed by atoms with Crippen molar-refractivity contribution in [1.29, 1.82) is 0 Å². The maximum atomic E-state index is 12.4. The average Bonchev–Trinajstić information content (AvgIpc) is 2.45. The summed E-state index contributed by atoms with van der Waals surface area (Å²) in [5.41, 5.74) is 1.64. The number of carboxylic acids is 1. The number of aryl methyl sites for hydroxylation is 1. The molecular weight excluding hydrogens is 268 g/mol. The molecule has 1 rings (SSSR count). The van der Waals surface area contributed by atoms with Crippen molar-refractivity contribution in [2.24, 2.45) is 0 Å². The van der Waals surface area contributed by atoms with Crippen molar-refractivity contribution in [3.05, 3.63) is 42.5 Å². The van der Waals surface area contributed by atoms with Crippen molar-refractivity contribution in [3.63, 3.8) is 0 Å². The number of urea groups is 1. The fourth-order valence-corrected chi connectivity index (χ4v) is 1.90. The van der Waals surface area contributed by atoms with Crippen molar-refractivity contribution >= 4 is 17.7 Å². The normalized spacial score (nSPS) is 10.0. The lowest BCUT2D eigenvalue weighted by Gasteiger charge is -2.27. The predicted molar refractivity (Wildman–Crippen MR) is 83.6 cm³/mol. The lowest BCUT2D eigenvalue weighted by atomic mass is 10.2. The van der Waals surface area contributed by atoms with Gasteiger partial charge in [0, 0.05) is 19.3 Å². The van der Waals surface area contributed by atoms with Crippen LogP contribution in [-0.2, 0) is 4.79 Å². The third-order valence-electron chi connectivity index (χ3n) is 3.10. The first-order valence-electron chi connectivity index (χ1n) is 6.87. The fourth-order valence-electron chi connectivity index (χ4n) is 1.90. The van der Waals surface area contributed by atoms with Crippen LogP contribution in [0.3, 0.4) is 0 Å². The lowest BCUT2D eigenvalue weighted by molar-refractivity contribution is -0.135. The Kier molecular flexibility index (Phi) is 6.46. The van der Waals surface area contributed by atoms with Crippen molar-refractivity contribution in [1.82, 2.24) is 4.90 Å². The molecule has 21 heavy (non-hydrogen) atoms. The van der Waals surface area contributed by atoms with E-state index < -0.39 is 5.97 Å². The van der Waals surface area contributed by atoms with Gasteiger partial charge in [0.05, 0.1) is 0 Å². The number of aliphatic carboxylic acids is 1. The summed E-state index contributed by atoms with van der Waals surface area (Å²) in [4.78, 5) is 26.2. The van der Waals surface area contributed by atoms with Crippen molar-refractivity contribution < 1.29 is 14.7 Å². The average molecular weight is 290 g/mol. The summed E-state index contributed by atoms with van der Waals surface area (Å²) in [6.07, 6.45) is 3.43. The number of carbonyl (C=O) groups excluding carboxylic acids is 1. The minimum Gasteiger partial charge on any atom is -0.480 e. The highest BCUT2D eigenvalue weighted by atomic mass is 16.4. The number of amides is 2. The van der Waals surface area contributed by atoms with Crippen LogP contribution in [0.5, 0.6) is 0 Å². The van der Waals surface area contributed by atoms with Gasteiger partial charge in [0.2, 0.25) is 0 Å². The van der Waals surface area contributed by atoms with Gasteiger partial charge < -0.3 is 10.0 Å². The standard InChI is InChI=1S/C16H22N2O3/c1-4-5-6-11-17(3)16(21)18(12-15(19)20)14-9-7-13(2)8-10-14/h4,7-10H,1,5-6,11-12H2,2-3H3,(H,19,20). The molecule has 0 spiro atoms. The Balaban J connectivity index is 2.85. The SMILES string of the molecule is C=CCCCN(C)C(=O)N(CC(=O)O)c1ccc(C)cc1. The van der Waals surface area contributed by atoms with Gasteiger partial charge in [0.15, 0.2) is 0 Å². The Morgan fingerprint density at radius 2 is 1.90 bits per heavy atom. The highest BCUT2D eigenvalue weighted by Gasteiger charge is 2.21. The van der Waals surface area contributed by atoms with E-state index in [0.717, 1.165) is 18.4 Å². The molecular formula is C16H22N2O3. The van der Waals surface area contributed by atoms with Crippen molar-refractivity contribution in [2.45, 2.75) is 19.8 Å². The van der Waals surface area contributed by atoms with Gasteiger partial charge in [0.1, 0.15) is 6.54 Å². The van der Waals surface area contributed by atoms with Crippen LogP contribution in [-0.4, -0.2) is 42.1 Å². The number of hydrogen-bond donors (Lipinski definition) is 1. The van der Waals surface area contributed by atoms with E-state index in [1.165, 1.54) is 9.80 Å². The molecule has 114 valence electrons. The zero-order valence-corrected chi connectivity index (χ0v) is 12.6. The third-order valence-corrected chi connectivity index (χ3v) is 3.10. The topological polar surface area (TPSA) is 60.9 Å².